The van der Waals surface area contributed by atoms with Gasteiger partial charge in [-0.2, -0.15) is 0 Å². The zero-order valence-electron chi connectivity index (χ0n) is 30.9. The van der Waals surface area contributed by atoms with Crippen LogP contribution in [0.4, 0.5) is 0 Å². The molecule has 0 fully saturated rings. The Labute approximate surface area is 333 Å². The first-order chi connectivity index (χ1) is 28.3. The molecule has 0 aliphatic carbocycles. The number of hydrogen-bond acceptors (Lipinski definition) is 1. The molecule has 0 saturated carbocycles. The van der Waals surface area contributed by atoms with Crippen LogP contribution in [0.25, 0.3) is 109 Å². The molecule has 0 spiro atoms. The molecule has 12 aromatic rings. The van der Waals surface area contributed by atoms with Crippen LogP contribution in [0.1, 0.15) is 0 Å². The summed E-state index contributed by atoms with van der Waals surface area (Å²) in [4.78, 5) is 0. The molecule has 3 heterocycles. The molecule has 3 aromatic heterocycles. The first-order valence-corrected chi connectivity index (χ1v) is 20.3. The van der Waals surface area contributed by atoms with Gasteiger partial charge in [-0.3, -0.25) is 0 Å². The Morgan fingerprint density at radius 2 is 0.719 bits per heavy atom. The molecule has 2 nitrogen and oxygen atoms in total. The highest BCUT2D eigenvalue weighted by atomic mass is 32.1. The number of para-hydroxylation sites is 2. The van der Waals surface area contributed by atoms with E-state index in [1.807, 2.05) is 11.3 Å². The molecule has 0 atom stereocenters. The fourth-order valence-electron chi connectivity index (χ4n) is 9.13. The summed E-state index contributed by atoms with van der Waals surface area (Å²) in [5.41, 5.74) is 14.5. The van der Waals surface area contributed by atoms with Gasteiger partial charge in [0.2, 0.25) is 0 Å². The fraction of sp³-hybridized carbons (Fsp3) is 0. The minimum atomic E-state index is 1.15. The van der Waals surface area contributed by atoms with Crippen LogP contribution in [0.2, 0.25) is 0 Å². The third-order valence-electron chi connectivity index (χ3n) is 11.8. The van der Waals surface area contributed by atoms with E-state index in [1.54, 1.807) is 0 Å². The Kier molecular flexibility index (Phi) is 7.13. The molecule has 57 heavy (non-hydrogen) atoms. The third kappa shape index (κ3) is 4.96. The Morgan fingerprint density at radius 3 is 1.30 bits per heavy atom. The minimum absolute atomic E-state index is 1.15. The van der Waals surface area contributed by atoms with E-state index in [0.29, 0.717) is 0 Å². The summed E-state index contributed by atoms with van der Waals surface area (Å²) >= 11 is 1.88. The topological polar surface area (TPSA) is 9.86 Å². The molecule has 0 radical (unpaired) electrons. The van der Waals surface area contributed by atoms with E-state index in [9.17, 15) is 0 Å². The van der Waals surface area contributed by atoms with E-state index in [1.165, 1.54) is 97.2 Å². The van der Waals surface area contributed by atoms with Gasteiger partial charge in [0.15, 0.2) is 0 Å². The van der Waals surface area contributed by atoms with Gasteiger partial charge in [0.1, 0.15) is 0 Å². The molecule has 0 saturated heterocycles. The second-order valence-electron chi connectivity index (χ2n) is 14.9. The maximum Gasteiger partial charge on any atom is 0.0548 e. The second-order valence-corrected chi connectivity index (χ2v) is 15.9. The molecule has 9 aromatic carbocycles. The molecule has 0 N–H and O–H groups in total. The first kappa shape index (κ1) is 32.1. The monoisotopic (exact) mass is 742 g/mol. The zero-order chi connectivity index (χ0) is 37.5. The minimum Gasteiger partial charge on any atom is -0.309 e. The lowest BCUT2D eigenvalue weighted by Gasteiger charge is -2.11. The lowest BCUT2D eigenvalue weighted by molar-refractivity contribution is 1.17. The maximum absolute atomic E-state index is 2.43. The quantitative estimate of drug-likeness (QED) is 0.166. The van der Waals surface area contributed by atoms with Crippen LogP contribution in [-0.4, -0.2) is 9.13 Å². The highest BCUT2D eigenvalue weighted by Gasteiger charge is 2.20. The van der Waals surface area contributed by atoms with Crippen LogP contribution in [0.3, 0.4) is 0 Å². The molecular weight excluding hydrogens is 709 g/mol. The third-order valence-corrected chi connectivity index (χ3v) is 13.0. The Hall–Kier alpha value is -7.20. The predicted molar refractivity (Wildman–Crippen MR) is 244 cm³/mol. The van der Waals surface area contributed by atoms with Gasteiger partial charge in [0.25, 0.3) is 0 Å². The van der Waals surface area contributed by atoms with Crippen molar-refractivity contribution in [2.75, 3.05) is 0 Å². The van der Waals surface area contributed by atoms with Crippen LogP contribution in [0.5, 0.6) is 0 Å². The van der Waals surface area contributed by atoms with E-state index in [0.717, 1.165) is 11.4 Å². The predicted octanol–water partition coefficient (Wildman–Crippen LogP) is 15.2. The largest absolute Gasteiger partial charge is 0.309 e. The maximum atomic E-state index is 2.43. The van der Waals surface area contributed by atoms with Crippen LogP contribution in [0.15, 0.2) is 206 Å². The Balaban J connectivity index is 0.953. The van der Waals surface area contributed by atoms with Crippen molar-refractivity contribution in [2.24, 2.45) is 0 Å². The van der Waals surface area contributed by atoms with Crippen LogP contribution in [-0.2, 0) is 0 Å². The summed E-state index contributed by atoms with van der Waals surface area (Å²) in [5.74, 6) is 0. The van der Waals surface area contributed by atoms with Gasteiger partial charge in [0, 0.05) is 53.1 Å². The second kappa shape index (κ2) is 12.7. The smallest absolute Gasteiger partial charge is 0.0548 e. The van der Waals surface area contributed by atoms with E-state index >= 15 is 0 Å². The molecule has 0 aliphatic rings. The number of hydrogen-bond donors (Lipinski definition) is 0. The molecular formula is C54H34N2S. The lowest BCUT2D eigenvalue weighted by atomic mass is 9.99. The SMILES string of the molecule is c1ccc(-c2ccc(-n3c4ccccc4c4c5c6ccccc6n(-c6ccc(-c7ccc(-c8cccc9c8sc8ccccc89)cc7)cc6)c5ccc43)cc2)cc1. The highest BCUT2D eigenvalue weighted by Crippen LogP contribution is 2.43. The van der Waals surface area contributed by atoms with Crippen LogP contribution < -0.4 is 0 Å². The standard InChI is InChI=1S/C54H34N2S/c1-2-11-35(12-3-1)37-25-29-40(30-26-37)55-47-18-7-4-14-45(47)52-49(55)33-34-50-53(52)46-15-5-8-19-48(46)56(50)41-31-27-38(28-32-41)36-21-23-39(24-22-36)42-16-10-17-44-43-13-6-9-20-51(43)57-54(42)44/h1-34H. The van der Waals surface area contributed by atoms with Gasteiger partial charge >= 0.3 is 0 Å². The normalized spacial score (nSPS) is 11.9. The number of benzene rings is 9. The summed E-state index contributed by atoms with van der Waals surface area (Å²) in [6.07, 6.45) is 0. The molecule has 3 heteroatoms. The molecule has 12 rings (SSSR count). The van der Waals surface area contributed by atoms with Gasteiger partial charge in [-0.1, -0.05) is 152 Å². The highest BCUT2D eigenvalue weighted by molar-refractivity contribution is 7.26. The fourth-order valence-corrected chi connectivity index (χ4v) is 10.4. The zero-order valence-corrected chi connectivity index (χ0v) is 31.7. The molecule has 0 unspecified atom stereocenters. The number of thiophene rings is 1. The van der Waals surface area contributed by atoms with Crippen molar-refractivity contribution >= 4 is 75.1 Å². The van der Waals surface area contributed by atoms with Crippen molar-refractivity contribution in [3.63, 3.8) is 0 Å². The van der Waals surface area contributed by atoms with Gasteiger partial charge < -0.3 is 9.13 Å². The van der Waals surface area contributed by atoms with Crippen molar-refractivity contribution in [1.82, 2.24) is 9.13 Å². The molecule has 0 bridgehead atoms. The summed E-state index contributed by atoms with van der Waals surface area (Å²) in [6.45, 7) is 0. The average Bonchev–Trinajstić information content (AvgIpc) is 3.95. The van der Waals surface area contributed by atoms with Crippen molar-refractivity contribution in [3.8, 4) is 44.8 Å². The average molecular weight is 743 g/mol. The van der Waals surface area contributed by atoms with E-state index in [4.69, 9.17) is 0 Å². The molecule has 266 valence electrons. The van der Waals surface area contributed by atoms with Gasteiger partial charge in [-0.05, 0) is 88.0 Å². The first-order valence-electron chi connectivity index (χ1n) is 19.5. The van der Waals surface area contributed by atoms with Crippen LogP contribution in [0, 0.1) is 0 Å². The molecule has 0 aliphatic heterocycles. The van der Waals surface area contributed by atoms with Gasteiger partial charge in [-0.15, -0.1) is 11.3 Å². The number of aromatic nitrogens is 2. The molecule has 0 amide bonds. The Bertz CT molecular complexity index is 3470. The van der Waals surface area contributed by atoms with E-state index in [-0.39, 0.29) is 0 Å². The van der Waals surface area contributed by atoms with E-state index < -0.39 is 0 Å². The van der Waals surface area contributed by atoms with Gasteiger partial charge in [0.05, 0.1) is 22.1 Å². The summed E-state index contributed by atoms with van der Waals surface area (Å²) in [5, 5.41) is 7.75. The number of nitrogens with zero attached hydrogens (tertiary/aromatic N) is 2. The van der Waals surface area contributed by atoms with Crippen molar-refractivity contribution in [1.29, 1.82) is 0 Å². The summed E-state index contributed by atoms with van der Waals surface area (Å²) in [6, 6.07) is 75.5. The summed E-state index contributed by atoms with van der Waals surface area (Å²) < 4.78 is 7.54. The van der Waals surface area contributed by atoms with E-state index in [2.05, 4.69) is 215 Å². The van der Waals surface area contributed by atoms with Crippen molar-refractivity contribution < 1.29 is 0 Å². The van der Waals surface area contributed by atoms with Gasteiger partial charge in [-0.25, -0.2) is 0 Å². The number of rotatable bonds is 5. The van der Waals surface area contributed by atoms with Crippen molar-refractivity contribution in [2.45, 2.75) is 0 Å². The summed E-state index contributed by atoms with van der Waals surface area (Å²) in [7, 11) is 0. The van der Waals surface area contributed by atoms with Crippen molar-refractivity contribution in [3.05, 3.63) is 206 Å². The lowest BCUT2D eigenvalue weighted by Crippen LogP contribution is -1.95. The Morgan fingerprint density at radius 1 is 0.281 bits per heavy atom. The number of fused-ring (bicyclic) bond motifs is 10. The van der Waals surface area contributed by atoms with Crippen LogP contribution >= 0.6 is 11.3 Å².